The highest BCUT2D eigenvalue weighted by Gasteiger charge is 2.47. The minimum absolute atomic E-state index is 0.112. The normalized spacial score (nSPS) is 27.4. The summed E-state index contributed by atoms with van der Waals surface area (Å²) in [4.78, 5) is 23.7. The lowest BCUT2D eigenvalue weighted by molar-refractivity contribution is -0.148. The Labute approximate surface area is 122 Å². The summed E-state index contributed by atoms with van der Waals surface area (Å²) in [5.41, 5.74) is 1.79. The van der Waals surface area contributed by atoms with Crippen LogP contribution in [0.2, 0.25) is 0 Å². The number of carbonyl (C=O) groups excluding carboxylic acids is 1. The fourth-order valence-corrected chi connectivity index (χ4v) is 2.76. The van der Waals surface area contributed by atoms with Crippen molar-refractivity contribution in [1.82, 2.24) is 10.6 Å². The summed E-state index contributed by atoms with van der Waals surface area (Å²) in [5.74, 6) is -1.21. The van der Waals surface area contributed by atoms with E-state index in [0.29, 0.717) is 5.56 Å². The second-order valence-electron chi connectivity index (χ2n) is 5.85. The van der Waals surface area contributed by atoms with Crippen molar-refractivity contribution in [2.45, 2.75) is 26.1 Å². The first-order chi connectivity index (χ1) is 10.0. The third-order valence-corrected chi connectivity index (χ3v) is 4.35. The highest BCUT2D eigenvalue weighted by Crippen LogP contribution is 2.29. The zero-order valence-electron chi connectivity index (χ0n) is 11.8. The fraction of sp³-hybridized carbons (Fsp3) is 0.467. The van der Waals surface area contributed by atoms with E-state index in [2.05, 4.69) is 10.6 Å². The van der Waals surface area contributed by atoms with Crippen LogP contribution >= 0.6 is 0 Å². The molecule has 1 saturated heterocycles. The predicted octanol–water partition coefficient (Wildman–Crippen LogP) is 0.509. The number of carbonyl (C=O) groups is 2. The summed E-state index contributed by atoms with van der Waals surface area (Å²) in [5, 5.41) is 15.3. The van der Waals surface area contributed by atoms with E-state index in [1.165, 1.54) is 5.56 Å². The monoisotopic (exact) mass is 290 g/mol. The molecule has 0 radical (unpaired) electrons. The number of amides is 1. The molecular formula is C15H18N2O4. The number of carboxylic acid groups (broad SMARTS) is 1. The molecule has 3 N–H and O–H groups in total. The van der Waals surface area contributed by atoms with Gasteiger partial charge in [0.05, 0.1) is 19.3 Å². The summed E-state index contributed by atoms with van der Waals surface area (Å²) in [6.45, 7) is 3.52. The van der Waals surface area contributed by atoms with Gasteiger partial charge in [-0.15, -0.1) is 0 Å². The van der Waals surface area contributed by atoms with Gasteiger partial charge in [-0.05, 0) is 30.2 Å². The lowest BCUT2D eigenvalue weighted by atomic mass is 9.85. The number of carboxylic acids is 1. The van der Waals surface area contributed by atoms with Gasteiger partial charge in [-0.2, -0.15) is 0 Å². The Bertz CT molecular complexity index is 601. The molecule has 0 aliphatic carbocycles. The highest BCUT2D eigenvalue weighted by molar-refractivity contribution is 5.95. The molecule has 21 heavy (non-hydrogen) atoms. The van der Waals surface area contributed by atoms with Crippen LogP contribution in [-0.2, 0) is 22.6 Å². The van der Waals surface area contributed by atoms with Crippen LogP contribution < -0.4 is 10.6 Å². The van der Waals surface area contributed by atoms with Crippen LogP contribution in [0.5, 0.6) is 0 Å². The number of rotatable bonds is 3. The van der Waals surface area contributed by atoms with Gasteiger partial charge in [0.25, 0.3) is 5.91 Å². The van der Waals surface area contributed by atoms with Gasteiger partial charge in [-0.3, -0.25) is 9.59 Å². The first-order valence-corrected chi connectivity index (χ1v) is 6.95. The molecule has 3 rings (SSSR count). The van der Waals surface area contributed by atoms with Crippen molar-refractivity contribution < 1.29 is 19.4 Å². The third kappa shape index (κ3) is 2.41. The molecule has 1 aromatic carbocycles. The predicted molar refractivity (Wildman–Crippen MR) is 74.8 cm³/mol. The molecule has 2 aliphatic rings. The van der Waals surface area contributed by atoms with Crippen molar-refractivity contribution in [3.8, 4) is 0 Å². The van der Waals surface area contributed by atoms with Gasteiger partial charge in [0.15, 0.2) is 0 Å². The van der Waals surface area contributed by atoms with Crippen LogP contribution in [-0.4, -0.2) is 36.2 Å². The van der Waals surface area contributed by atoms with E-state index in [9.17, 15) is 14.7 Å². The summed E-state index contributed by atoms with van der Waals surface area (Å²) < 4.78 is 5.24. The van der Waals surface area contributed by atoms with Gasteiger partial charge in [0.2, 0.25) is 0 Å². The summed E-state index contributed by atoms with van der Waals surface area (Å²) in [7, 11) is 0. The van der Waals surface area contributed by atoms with Gasteiger partial charge in [0.1, 0.15) is 5.41 Å². The average molecular weight is 290 g/mol. The second-order valence-corrected chi connectivity index (χ2v) is 5.85. The number of hydrogen-bond donors (Lipinski definition) is 3. The molecule has 0 bridgehead atoms. The van der Waals surface area contributed by atoms with Gasteiger partial charge in [-0.25, -0.2) is 0 Å². The van der Waals surface area contributed by atoms with Gasteiger partial charge < -0.3 is 20.5 Å². The van der Waals surface area contributed by atoms with Gasteiger partial charge in [-0.1, -0.05) is 6.07 Å². The molecule has 1 amide bonds. The largest absolute Gasteiger partial charge is 0.481 e. The number of benzene rings is 1. The molecule has 0 spiro atoms. The summed E-state index contributed by atoms with van der Waals surface area (Å²) >= 11 is 0. The summed E-state index contributed by atoms with van der Waals surface area (Å²) in [6, 6.07) is 5.05. The average Bonchev–Trinajstić information content (AvgIpc) is 3.06. The maximum absolute atomic E-state index is 12.3. The zero-order valence-corrected chi connectivity index (χ0v) is 11.8. The van der Waals surface area contributed by atoms with E-state index >= 15 is 0 Å². The Balaban J connectivity index is 1.76. The highest BCUT2D eigenvalue weighted by atomic mass is 16.5. The van der Waals surface area contributed by atoms with Crippen LogP contribution in [0.4, 0.5) is 0 Å². The van der Waals surface area contributed by atoms with Crippen molar-refractivity contribution in [3.05, 3.63) is 34.9 Å². The number of fused-ring (bicyclic) bond motifs is 1. The first-order valence-electron chi connectivity index (χ1n) is 6.95. The molecule has 2 unspecified atom stereocenters. The van der Waals surface area contributed by atoms with E-state index in [-0.39, 0.29) is 19.1 Å². The van der Waals surface area contributed by atoms with E-state index in [1.807, 2.05) is 12.1 Å². The molecule has 112 valence electrons. The van der Waals surface area contributed by atoms with Crippen LogP contribution in [0.3, 0.4) is 0 Å². The van der Waals surface area contributed by atoms with Crippen LogP contribution in [0.15, 0.2) is 18.2 Å². The van der Waals surface area contributed by atoms with E-state index in [4.69, 9.17) is 4.74 Å². The maximum Gasteiger partial charge on any atom is 0.313 e. The molecule has 0 saturated carbocycles. The SMILES string of the molecule is CC1(C(=O)O)COCC1NC(=O)c1ccc2c(c1)CNC2. The molecular weight excluding hydrogens is 272 g/mol. The topological polar surface area (TPSA) is 87.7 Å². The first kappa shape index (κ1) is 14.0. The molecule has 1 aromatic rings. The second kappa shape index (κ2) is 5.13. The number of hydrogen-bond acceptors (Lipinski definition) is 4. The minimum Gasteiger partial charge on any atom is -0.481 e. The lowest BCUT2D eigenvalue weighted by Crippen LogP contribution is -2.49. The van der Waals surface area contributed by atoms with E-state index in [0.717, 1.165) is 18.7 Å². The van der Waals surface area contributed by atoms with Crippen LogP contribution in [0.25, 0.3) is 0 Å². The van der Waals surface area contributed by atoms with E-state index in [1.54, 1.807) is 13.0 Å². The van der Waals surface area contributed by atoms with Crippen LogP contribution in [0, 0.1) is 5.41 Å². The molecule has 2 atom stereocenters. The zero-order chi connectivity index (χ0) is 15.0. The van der Waals surface area contributed by atoms with Crippen molar-refractivity contribution in [2.75, 3.05) is 13.2 Å². The van der Waals surface area contributed by atoms with E-state index < -0.39 is 17.4 Å². The molecule has 0 aromatic heterocycles. The Morgan fingerprint density at radius 3 is 2.90 bits per heavy atom. The Hall–Kier alpha value is -1.92. The van der Waals surface area contributed by atoms with Gasteiger partial charge >= 0.3 is 5.97 Å². The number of nitrogens with one attached hydrogen (secondary N) is 2. The molecule has 2 aliphatic heterocycles. The lowest BCUT2D eigenvalue weighted by Gasteiger charge is -2.25. The Morgan fingerprint density at radius 2 is 2.14 bits per heavy atom. The standard InChI is InChI=1S/C15H18N2O4/c1-15(14(19)20)8-21-7-12(15)17-13(18)9-2-3-10-5-16-6-11(10)4-9/h2-4,12,16H,5-8H2,1H3,(H,17,18)(H,19,20). The molecule has 1 fully saturated rings. The van der Waals surface area contributed by atoms with Crippen molar-refractivity contribution >= 4 is 11.9 Å². The Morgan fingerprint density at radius 1 is 1.38 bits per heavy atom. The number of ether oxygens (including phenoxy) is 1. The fourth-order valence-electron chi connectivity index (χ4n) is 2.76. The van der Waals surface area contributed by atoms with Crippen molar-refractivity contribution in [2.24, 2.45) is 5.41 Å². The quantitative estimate of drug-likeness (QED) is 0.755. The number of aliphatic carboxylic acids is 1. The minimum atomic E-state index is -1.08. The Kier molecular flexibility index (Phi) is 3.43. The van der Waals surface area contributed by atoms with Crippen molar-refractivity contribution in [3.63, 3.8) is 0 Å². The van der Waals surface area contributed by atoms with Crippen LogP contribution in [0.1, 0.15) is 28.4 Å². The van der Waals surface area contributed by atoms with Crippen molar-refractivity contribution in [1.29, 1.82) is 0 Å². The maximum atomic E-state index is 12.3. The third-order valence-electron chi connectivity index (χ3n) is 4.35. The van der Waals surface area contributed by atoms with Gasteiger partial charge in [0, 0.05) is 18.7 Å². The molecule has 2 heterocycles. The molecule has 6 nitrogen and oxygen atoms in total. The smallest absolute Gasteiger partial charge is 0.313 e. The summed E-state index contributed by atoms with van der Waals surface area (Å²) in [6.07, 6.45) is 0. The molecule has 6 heteroatoms.